The van der Waals surface area contributed by atoms with E-state index in [1.165, 1.54) is 32.1 Å². The molecule has 4 aliphatic rings. The summed E-state index contributed by atoms with van der Waals surface area (Å²) in [5.41, 5.74) is 0. The van der Waals surface area contributed by atoms with Gasteiger partial charge < -0.3 is 4.74 Å². The van der Waals surface area contributed by atoms with Crippen molar-refractivity contribution in [1.82, 2.24) is 0 Å². The number of methoxy groups -OCH3 is 1. The average molecular weight is 531 g/mol. The predicted molar refractivity (Wildman–Crippen MR) is 143 cm³/mol. The zero-order valence-electron chi connectivity index (χ0n) is 22.3. The molecule has 35 heavy (non-hydrogen) atoms. The lowest BCUT2D eigenvalue weighted by Crippen LogP contribution is -2.60. The Morgan fingerprint density at radius 2 is 1.11 bits per heavy atom. The average Bonchev–Trinajstić information content (AvgIpc) is 2.90. The summed E-state index contributed by atoms with van der Waals surface area (Å²) in [4.78, 5) is 0. The first-order valence-electron chi connectivity index (χ1n) is 14.8. The molecule has 0 aromatic carbocycles. The van der Waals surface area contributed by atoms with Crippen LogP contribution in [-0.2, 0) is 24.4 Å². The molecule has 0 bridgehead atoms. The molecule has 0 amide bonds. The van der Waals surface area contributed by atoms with Crippen LogP contribution in [0, 0.1) is 17.8 Å². The second-order valence-corrected chi connectivity index (χ2v) is 17.4. The van der Waals surface area contributed by atoms with Gasteiger partial charge in [-0.05, 0) is 69.1 Å². The van der Waals surface area contributed by atoms with E-state index >= 15 is 0 Å². The second-order valence-electron chi connectivity index (χ2n) is 12.1. The summed E-state index contributed by atoms with van der Waals surface area (Å²) in [5, 5.41) is -0.995. The first-order valence-corrected chi connectivity index (χ1v) is 17.9. The zero-order chi connectivity index (χ0) is 25.1. The Morgan fingerprint density at radius 1 is 0.657 bits per heavy atom. The van der Waals surface area contributed by atoms with Crippen LogP contribution in [0.25, 0.3) is 0 Å². The lowest BCUT2D eigenvalue weighted by atomic mass is 9.68. The first kappa shape index (κ1) is 27.9. The van der Waals surface area contributed by atoms with Crippen LogP contribution in [0.4, 0.5) is 0 Å². The van der Waals surface area contributed by atoms with Gasteiger partial charge in [-0.15, -0.1) is 0 Å². The molecule has 0 aliphatic heterocycles. The smallest absolute Gasteiger partial charge is 0.176 e. The van der Waals surface area contributed by atoms with Crippen LogP contribution in [0.5, 0.6) is 0 Å². The van der Waals surface area contributed by atoms with Crippen LogP contribution in [0.3, 0.4) is 0 Å². The summed E-state index contributed by atoms with van der Waals surface area (Å²) in [7, 11) is -5.92. The van der Waals surface area contributed by atoms with Gasteiger partial charge >= 0.3 is 0 Å². The van der Waals surface area contributed by atoms with Crippen LogP contribution < -0.4 is 0 Å². The third-order valence-corrected chi connectivity index (χ3v) is 17.7. The van der Waals surface area contributed by atoms with Crippen molar-refractivity contribution in [2.24, 2.45) is 17.8 Å². The fraction of sp³-hybridized carbons (Fsp3) is 1.00. The zero-order valence-corrected chi connectivity index (χ0v) is 23.9. The Hall–Kier alpha value is -0.140. The Balaban J connectivity index is 1.77. The quantitative estimate of drug-likeness (QED) is 0.353. The molecule has 0 radical (unpaired) electrons. The van der Waals surface area contributed by atoms with Gasteiger partial charge in [0, 0.05) is 7.11 Å². The molecule has 204 valence electrons. The molecule has 3 atom stereocenters. The summed E-state index contributed by atoms with van der Waals surface area (Å²) in [6, 6.07) is 0. The maximum Gasteiger partial charge on any atom is 0.176 e. The number of ether oxygens (including phenoxy) is 1. The molecule has 4 rings (SSSR count). The van der Waals surface area contributed by atoms with E-state index < -0.39 is 34.3 Å². The third-order valence-electron chi connectivity index (χ3n) is 10.5. The molecule has 4 fully saturated rings. The van der Waals surface area contributed by atoms with Gasteiger partial charge in [-0.3, -0.25) is 0 Å². The Labute approximate surface area is 215 Å². The highest BCUT2D eigenvalue weighted by molar-refractivity contribution is 8.10. The van der Waals surface area contributed by atoms with E-state index in [1.807, 2.05) is 6.92 Å². The molecule has 0 heterocycles. The monoisotopic (exact) mass is 530 g/mol. The molecular formula is C28H50O5S2. The fourth-order valence-electron chi connectivity index (χ4n) is 8.56. The number of hydrogen-bond donors (Lipinski definition) is 0. The number of sulfone groups is 2. The van der Waals surface area contributed by atoms with Gasteiger partial charge in [0.15, 0.2) is 23.8 Å². The summed E-state index contributed by atoms with van der Waals surface area (Å²) in [6.07, 6.45) is 16.7. The topological polar surface area (TPSA) is 77.5 Å². The third kappa shape index (κ3) is 5.13. The minimum atomic E-state index is -3.85. The largest absolute Gasteiger partial charge is 0.381 e. The van der Waals surface area contributed by atoms with E-state index in [0.29, 0.717) is 44.4 Å². The first-order chi connectivity index (χ1) is 16.8. The van der Waals surface area contributed by atoms with Crippen molar-refractivity contribution in [1.29, 1.82) is 0 Å². The van der Waals surface area contributed by atoms with Crippen LogP contribution in [0.15, 0.2) is 0 Å². The van der Waals surface area contributed by atoms with E-state index in [4.69, 9.17) is 4.74 Å². The maximum atomic E-state index is 14.7. The van der Waals surface area contributed by atoms with Crippen molar-refractivity contribution in [2.45, 2.75) is 150 Å². The van der Waals surface area contributed by atoms with Crippen molar-refractivity contribution in [3.63, 3.8) is 0 Å². The SMILES string of the molecule is CCC(C1CCC(OC)C(C2CCCCC2)C1)(S(=O)(=O)C1CCCCC1)S(=O)(=O)C1CCCCC1. The minimum Gasteiger partial charge on any atom is -0.381 e. The highest BCUT2D eigenvalue weighted by Crippen LogP contribution is 2.53. The molecule has 5 nitrogen and oxygen atoms in total. The van der Waals surface area contributed by atoms with Crippen molar-refractivity contribution >= 4 is 19.7 Å². The molecule has 0 aromatic rings. The minimum absolute atomic E-state index is 0.124. The highest BCUT2D eigenvalue weighted by Gasteiger charge is 2.63. The van der Waals surface area contributed by atoms with Crippen molar-refractivity contribution in [2.75, 3.05) is 7.11 Å². The van der Waals surface area contributed by atoms with E-state index in [0.717, 1.165) is 44.9 Å². The van der Waals surface area contributed by atoms with E-state index in [2.05, 4.69) is 0 Å². The second kappa shape index (κ2) is 11.7. The maximum absolute atomic E-state index is 14.7. The summed E-state index contributed by atoms with van der Waals surface area (Å²) < 4.78 is 62.9. The molecule has 7 heteroatoms. The number of hydrogen-bond acceptors (Lipinski definition) is 5. The van der Waals surface area contributed by atoms with Crippen LogP contribution in [0.1, 0.15) is 129 Å². The standard InChI is InChI=1S/C28H50O5S2/c1-3-28(34(29,30)24-15-9-5-10-16-24,35(31,32)25-17-11-6-12-18-25)23-19-20-27(33-2)26(21-23)22-13-7-4-8-14-22/h22-27H,3-21H2,1-2H3. The summed E-state index contributed by atoms with van der Waals surface area (Å²) >= 11 is 0. The highest BCUT2D eigenvalue weighted by atomic mass is 32.3. The van der Waals surface area contributed by atoms with Crippen LogP contribution >= 0.6 is 0 Å². The van der Waals surface area contributed by atoms with Crippen LogP contribution in [0.2, 0.25) is 0 Å². The van der Waals surface area contributed by atoms with Gasteiger partial charge in [0.25, 0.3) is 0 Å². The molecule has 0 aromatic heterocycles. The summed E-state index contributed by atoms with van der Waals surface area (Å²) in [5.74, 6) is 0.485. The van der Waals surface area contributed by atoms with Crippen LogP contribution in [-0.4, -0.2) is 44.6 Å². The molecule has 0 saturated heterocycles. The van der Waals surface area contributed by atoms with E-state index in [9.17, 15) is 16.8 Å². The molecular weight excluding hydrogens is 480 g/mol. The van der Waals surface area contributed by atoms with Gasteiger partial charge in [0.05, 0.1) is 16.6 Å². The molecule has 3 unspecified atom stereocenters. The predicted octanol–water partition coefficient (Wildman–Crippen LogP) is 6.60. The molecule has 4 saturated carbocycles. The Kier molecular flexibility index (Phi) is 9.33. The van der Waals surface area contributed by atoms with Gasteiger partial charge in [0.1, 0.15) is 0 Å². The summed E-state index contributed by atoms with van der Waals surface area (Å²) in [6.45, 7) is 1.86. The normalized spacial score (nSPS) is 31.4. The van der Waals surface area contributed by atoms with E-state index in [-0.39, 0.29) is 24.4 Å². The molecule has 0 N–H and O–H groups in total. The van der Waals surface area contributed by atoms with E-state index in [1.54, 1.807) is 7.11 Å². The lowest BCUT2D eigenvalue weighted by molar-refractivity contribution is -0.0264. The molecule has 0 spiro atoms. The van der Waals surface area contributed by atoms with Crippen molar-refractivity contribution in [3.8, 4) is 0 Å². The van der Waals surface area contributed by atoms with Gasteiger partial charge in [-0.25, -0.2) is 16.8 Å². The number of rotatable bonds is 8. The molecule has 4 aliphatic carbocycles. The Bertz CT molecular complexity index is 830. The van der Waals surface area contributed by atoms with Crippen molar-refractivity contribution in [3.05, 3.63) is 0 Å². The van der Waals surface area contributed by atoms with Crippen molar-refractivity contribution < 1.29 is 21.6 Å². The Morgan fingerprint density at radius 3 is 1.54 bits per heavy atom. The van der Waals surface area contributed by atoms with Gasteiger partial charge in [-0.2, -0.15) is 0 Å². The fourth-order valence-corrected chi connectivity index (χ4v) is 15.9. The lowest BCUT2D eigenvalue weighted by Gasteiger charge is -2.49. The van der Waals surface area contributed by atoms with Gasteiger partial charge in [0.2, 0.25) is 0 Å². The van der Waals surface area contributed by atoms with Gasteiger partial charge in [-0.1, -0.05) is 77.6 Å².